The SMILES string of the molecule is O=C1CCCc2c(CCNCCc3ccccc3)c3ccccc3n21. The molecule has 0 radical (unpaired) electrons. The maximum absolute atomic E-state index is 12.4. The Bertz CT molecular complexity index is 880. The molecule has 1 aliphatic heterocycles. The first kappa shape index (κ1) is 16.1. The molecule has 0 amide bonds. The van der Waals surface area contributed by atoms with Crippen LogP contribution in [0.1, 0.15) is 34.5 Å². The van der Waals surface area contributed by atoms with Gasteiger partial charge in [0.25, 0.3) is 0 Å². The van der Waals surface area contributed by atoms with Gasteiger partial charge in [-0.1, -0.05) is 48.5 Å². The van der Waals surface area contributed by atoms with Crippen LogP contribution in [0.3, 0.4) is 0 Å². The van der Waals surface area contributed by atoms with Crippen LogP contribution in [0.25, 0.3) is 10.9 Å². The van der Waals surface area contributed by atoms with E-state index in [4.69, 9.17) is 0 Å². The summed E-state index contributed by atoms with van der Waals surface area (Å²) in [6.07, 6.45) is 4.68. The normalized spacial score (nSPS) is 14.0. The molecule has 0 spiro atoms. The van der Waals surface area contributed by atoms with E-state index in [1.54, 1.807) is 0 Å². The minimum Gasteiger partial charge on any atom is -0.316 e. The third-order valence-corrected chi connectivity index (χ3v) is 5.13. The number of carbonyl (C=O) groups excluding carboxylic acids is 1. The van der Waals surface area contributed by atoms with Crippen molar-refractivity contribution >= 4 is 16.8 Å². The van der Waals surface area contributed by atoms with Gasteiger partial charge in [0.2, 0.25) is 5.91 Å². The minimum atomic E-state index is 0.251. The Morgan fingerprint density at radius 2 is 1.64 bits per heavy atom. The number of hydrogen-bond acceptors (Lipinski definition) is 2. The van der Waals surface area contributed by atoms with Crippen LogP contribution in [-0.2, 0) is 19.3 Å². The molecule has 0 bridgehead atoms. The third-order valence-electron chi connectivity index (χ3n) is 5.13. The van der Waals surface area contributed by atoms with Gasteiger partial charge < -0.3 is 5.32 Å². The summed E-state index contributed by atoms with van der Waals surface area (Å²) >= 11 is 0. The molecule has 1 aliphatic rings. The number of rotatable bonds is 6. The van der Waals surface area contributed by atoms with Crippen LogP contribution in [0.15, 0.2) is 54.6 Å². The largest absolute Gasteiger partial charge is 0.316 e. The minimum absolute atomic E-state index is 0.251. The van der Waals surface area contributed by atoms with Crippen molar-refractivity contribution in [2.45, 2.75) is 32.1 Å². The maximum Gasteiger partial charge on any atom is 0.231 e. The summed E-state index contributed by atoms with van der Waals surface area (Å²) in [6, 6.07) is 18.9. The molecular weight excluding hydrogens is 308 g/mol. The van der Waals surface area contributed by atoms with Crippen molar-refractivity contribution in [1.82, 2.24) is 9.88 Å². The van der Waals surface area contributed by atoms with Crippen LogP contribution in [0, 0.1) is 0 Å². The van der Waals surface area contributed by atoms with Gasteiger partial charge in [-0.2, -0.15) is 0 Å². The fourth-order valence-corrected chi connectivity index (χ4v) is 3.92. The Hall–Kier alpha value is -2.39. The topological polar surface area (TPSA) is 34.0 Å². The standard InChI is InChI=1S/C22H24N2O/c25-22-12-6-11-21-19(18-9-4-5-10-20(18)24(21)22)14-16-23-15-13-17-7-2-1-3-8-17/h1-5,7-10,23H,6,11-16H2. The second kappa shape index (κ2) is 7.24. The third kappa shape index (κ3) is 3.24. The predicted octanol–water partition coefficient (Wildman–Crippen LogP) is 3.99. The zero-order valence-electron chi connectivity index (χ0n) is 14.5. The van der Waals surface area contributed by atoms with E-state index in [9.17, 15) is 4.79 Å². The van der Waals surface area contributed by atoms with E-state index in [2.05, 4.69) is 53.8 Å². The van der Waals surface area contributed by atoms with Gasteiger partial charge in [-0.05, 0) is 56.0 Å². The van der Waals surface area contributed by atoms with Gasteiger partial charge in [0, 0.05) is 17.5 Å². The van der Waals surface area contributed by atoms with Crippen molar-refractivity contribution in [3.63, 3.8) is 0 Å². The van der Waals surface area contributed by atoms with Gasteiger partial charge in [0.1, 0.15) is 0 Å². The Kier molecular flexibility index (Phi) is 4.66. The zero-order chi connectivity index (χ0) is 17.1. The Morgan fingerprint density at radius 1 is 0.880 bits per heavy atom. The molecule has 2 aromatic carbocycles. The Labute approximate surface area is 148 Å². The first-order valence-electron chi connectivity index (χ1n) is 9.23. The smallest absolute Gasteiger partial charge is 0.231 e. The van der Waals surface area contributed by atoms with Crippen LogP contribution >= 0.6 is 0 Å². The number of nitrogens with one attached hydrogen (secondary N) is 1. The van der Waals surface area contributed by atoms with Gasteiger partial charge in [0.15, 0.2) is 0 Å². The molecule has 3 nitrogen and oxygen atoms in total. The van der Waals surface area contributed by atoms with Gasteiger partial charge >= 0.3 is 0 Å². The van der Waals surface area contributed by atoms with Gasteiger partial charge in [-0.3, -0.25) is 9.36 Å². The van der Waals surface area contributed by atoms with Crippen molar-refractivity contribution in [3.8, 4) is 0 Å². The average molecular weight is 332 g/mol. The van der Waals surface area contributed by atoms with Crippen LogP contribution < -0.4 is 5.32 Å². The summed E-state index contributed by atoms with van der Waals surface area (Å²) in [6.45, 7) is 1.93. The quantitative estimate of drug-likeness (QED) is 0.693. The number of aromatic nitrogens is 1. The maximum atomic E-state index is 12.4. The molecule has 25 heavy (non-hydrogen) atoms. The molecule has 4 rings (SSSR count). The van der Waals surface area contributed by atoms with Crippen LogP contribution in [0.2, 0.25) is 0 Å². The number of carbonyl (C=O) groups is 1. The van der Waals surface area contributed by atoms with Gasteiger partial charge in [0.05, 0.1) is 5.52 Å². The molecule has 1 N–H and O–H groups in total. The monoisotopic (exact) mass is 332 g/mol. The average Bonchev–Trinajstić information content (AvgIpc) is 2.98. The highest BCUT2D eigenvalue weighted by atomic mass is 16.2. The highest BCUT2D eigenvalue weighted by molar-refractivity contribution is 5.96. The molecular formula is C22H24N2O. The van der Waals surface area contributed by atoms with Crippen molar-refractivity contribution in [2.75, 3.05) is 13.1 Å². The zero-order valence-corrected chi connectivity index (χ0v) is 14.5. The summed E-state index contributed by atoms with van der Waals surface area (Å²) in [5, 5.41) is 4.81. The van der Waals surface area contributed by atoms with E-state index in [0.717, 1.165) is 44.3 Å². The summed E-state index contributed by atoms with van der Waals surface area (Å²) in [4.78, 5) is 12.4. The fourth-order valence-electron chi connectivity index (χ4n) is 3.92. The lowest BCUT2D eigenvalue weighted by Crippen LogP contribution is -2.22. The molecule has 0 atom stereocenters. The van der Waals surface area contributed by atoms with E-state index in [1.165, 1.54) is 22.2 Å². The molecule has 128 valence electrons. The number of nitrogens with zero attached hydrogens (tertiary/aromatic N) is 1. The van der Waals surface area contributed by atoms with E-state index >= 15 is 0 Å². The fraction of sp³-hybridized carbons (Fsp3) is 0.318. The number of benzene rings is 2. The molecule has 0 aliphatic carbocycles. The van der Waals surface area contributed by atoms with E-state index in [-0.39, 0.29) is 5.91 Å². The summed E-state index contributed by atoms with van der Waals surface area (Å²) < 4.78 is 1.97. The Balaban J connectivity index is 1.46. The lowest BCUT2D eigenvalue weighted by atomic mass is 10.0. The molecule has 0 saturated heterocycles. The number of fused-ring (bicyclic) bond motifs is 3. The summed E-state index contributed by atoms with van der Waals surface area (Å²) in [5.74, 6) is 0.251. The van der Waals surface area contributed by atoms with Crippen LogP contribution in [-0.4, -0.2) is 23.6 Å². The van der Waals surface area contributed by atoms with Crippen molar-refractivity contribution < 1.29 is 4.79 Å². The second-order valence-electron chi connectivity index (χ2n) is 6.76. The van der Waals surface area contributed by atoms with Crippen LogP contribution in [0.4, 0.5) is 0 Å². The predicted molar refractivity (Wildman–Crippen MR) is 102 cm³/mol. The number of para-hydroxylation sites is 1. The van der Waals surface area contributed by atoms with Crippen molar-refractivity contribution in [2.24, 2.45) is 0 Å². The summed E-state index contributed by atoms with van der Waals surface area (Å²) in [5.41, 5.74) is 5.05. The van der Waals surface area contributed by atoms with Crippen molar-refractivity contribution in [3.05, 3.63) is 71.4 Å². The molecule has 2 heterocycles. The molecule has 0 saturated carbocycles. The van der Waals surface area contributed by atoms with Crippen molar-refractivity contribution in [1.29, 1.82) is 0 Å². The van der Waals surface area contributed by atoms with Gasteiger partial charge in [-0.15, -0.1) is 0 Å². The molecule has 3 heteroatoms. The lowest BCUT2D eigenvalue weighted by molar-refractivity contribution is 0.0889. The first-order chi connectivity index (χ1) is 12.3. The van der Waals surface area contributed by atoms with E-state index in [1.807, 2.05) is 10.6 Å². The first-order valence-corrected chi connectivity index (χ1v) is 9.23. The highest BCUT2D eigenvalue weighted by Crippen LogP contribution is 2.30. The lowest BCUT2D eigenvalue weighted by Gasteiger charge is -2.16. The van der Waals surface area contributed by atoms with Gasteiger partial charge in [-0.25, -0.2) is 0 Å². The summed E-state index contributed by atoms with van der Waals surface area (Å²) in [7, 11) is 0. The second-order valence-corrected chi connectivity index (χ2v) is 6.76. The molecule has 3 aromatic rings. The molecule has 0 unspecified atom stereocenters. The van der Waals surface area contributed by atoms with E-state index in [0.29, 0.717) is 6.42 Å². The number of hydrogen-bond donors (Lipinski definition) is 1. The van der Waals surface area contributed by atoms with E-state index < -0.39 is 0 Å². The van der Waals surface area contributed by atoms with Crippen LogP contribution in [0.5, 0.6) is 0 Å². The Morgan fingerprint density at radius 3 is 2.52 bits per heavy atom. The highest BCUT2D eigenvalue weighted by Gasteiger charge is 2.23. The molecule has 1 aromatic heterocycles. The molecule has 0 fully saturated rings.